The van der Waals surface area contributed by atoms with E-state index in [-0.39, 0.29) is 0 Å². The summed E-state index contributed by atoms with van der Waals surface area (Å²) in [4.78, 5) is 0. The highest BCUT2D eigenvalue weighted by Crippen LogP contribution is 2.42. The van der Waals surface area contributed by atoms with Crippen LogP contribution in [0.1, 0.15) is 11.1 Å². The molecular weight excluding hydrogens is 368 g/mol. The summed E-state index contributed by atoms with van der Waals surface area (Å²) in [7, 11) is 0. The number of fused-ring (bicyclic) bond motifs is 5. The lowest BCUT2D eigenvalue weighted by molar-refractivity contribution is 1.56. The molecule has 6 aromatic rings. The molecule has 0 aliphatic heterocycles. The van der Waals surface area contributed by atoms with Gasteiger partial charge in [-0.2, -0.15) is 0 Å². The molecule has 29 heavy (non-hydrogen) atoms. The number of aryl methyl sites for hydroxylation is 2. The average Bonchev–Trinajstić information content (AvgIpc) is 3.14. The van der Waals surface area contributed by atoms with Crippen LogP contribution in [0.5, 0.6) is 0 Å². The third-order valence-electron chi connectivity index (χ3n) is 6.18. The molecule has 0 saturated carbocycles. The van der Waals surface area contributed by atoms with Crippen LogP contribution < -0.4 is 0 Å². The first-order valence-corrected chi connectivity index (χ1v) is 10.9. The van der Waals surface area contributed by atoms with Crippen LogP contribution in [0.2, 0.25) is 0 Å². The standard InChI is InChI=1S/C28H20S/c1-17-8-7-13-24-25-16-19(14-15-26(25)29-28(17)24)27-22-11-5-3-9-20(22)18(2)21-10-4-6-12-23(21)27/h3-16H,1-2H3. The van der Waals surface area contributed by atoms with Crippen molar-refractivity contribution in [2.75, 3.05) is 0 Å². The van der Waals surface area contributed by atoms with Gasteiger partial charge in [-0.3, -0.25) is 0 Å². The lowest BCUT2D eigenvalue weighted by atomic mass is 9.88. The fourth-order valence-electron chi connectivity index (χ4n) is 4.75. The summed E-state index contributed by atoms with van der Waals surface area (Å²) in [6.45, 7) is 4.45. The summed E-state index contributed by atoms with van der Waals surface area (Å²) in [6, 6.07) is 31.3. The molecule has 138 valence electrons. The van der Waals surface area contributed by atoms with Crippen LogP contribution in [0.4, 0.5) is 0 Å². The van der Waals surface area contributed by atoms with Gasteiger partial charge >= 0.3 is 0 Å². The third-order valence-corrected chi connectivity index (χ3v) is 7.51. The van der Waals surface area contributed by atoms with Crippen LogP contribution in [0.25, 0.3) is 52.8 Å². The molecule has 5 aromatic carbocycles. The van der Waals surface area contributed by atoms with Gasteiger partial charge in [0.2, 0.25) is 0 Å². The van der Waals surface area contributed by atoms with E-state index in [1.807, 2.05) is 11.3 Å². The van der Waals surface area contributed by atoms with E-state index >= 15 is 0 Å². The maximum Gasteiger partial charge on any atom is 0.0384 e. The van der Waals surface area contributed by atoms with Crippen molar-refractivity contribution < 1.29 is 0 Å². The molecular formula is C28H20S. The number of hydrogen-bond donors (Lipinski definition) is 0. The Hall–Kier alpha value is -3.16. The molecule has 0 bridgehead atoms. The normalized spacial score (nSPS) is 11.8. The minimum atomic E-state index is 1.30. The maximum absolute atomic E-state index is 2.40. The Bertz CT molecular complexity index is 1510. The smallest absolute Gasteiger partial charge is 0.0384 e. The van der Waals surface area contributed by atoms with Gasteiger partial charge < -0.3 is 0 Å². The zero-order valence-electron chi connectivity index (χ0n) is 16.5. The van der Waals surface area contributed by atoms with Gasteiger partial charge in [0.05, 0.1) is 0 Å². The van der Waals surface area contributed by atoms with Crippen LogP contribution >= 0.6 is 11.3 Å². The van der Waals surface area contributed by atoms with Gasteiger partial charge in [0, 0.05) is 20.2 Å². The number of hydrogen-bond acceptors (Lipinski definition) is 1. The molecule has 1 heterocycles. The minimum absolute atomic E-state index is 1.30. The summed E-state index contributed by atoms with van der Waals surface area (Å²) < 4.78 is 2.76. The van der Waals surface area contributed by atoms with Crippen LogP contribution in [-0.2, 0) is 0 Å². The van der Waals surface area contributed by atoms with E-state index < -0.39 is 0 Å². The topological polar surface area (TPSA) is 0 Å². The predicted molar refractivity (Wildman–Crippen MR) is 129 cm³/mol. The van der Waals surface area contributed by atoms with E-state index in [1.54, 1.807) is 0 Å². The maximum atomic E-state index is 2.40. The van der Waals surface area contributed by atoms with Crippen LogP contribution in [-0.4, -0.2) is 0 Å². The summed E-state index contributed by atoms with van der Waals surface area (Å²) >= 11 is 1.90. The number of thiophene rings is 1. The zero-order chi connectivity index (χ0) is 19.5. The van der Waals surface area contributed by atoms with Crippen molar-refractivity contribution in [2.45, 2.75) is 13.8 Å². The molecule has 0 nitrogen and oxygen atoms in total. The molecule has 0 aliphatic rings. The highest BCUT2D eigenvalue weighted by Gasteiger charge is 2.14. The first-order valence-electron chi connectivity index (χ1n) is 10.0. The van der Waals surface area contributed by atoms with E-state index in [4.69, 9.17) is 0 Å². The first-order chi connectivity index (χ1) is 14.2. The Balaban J connectivity index is 1.78. The van der Waals surface area contributed by atoms with Crippen molar-refractivity contribution in [1.82, 2.24) is 0 Å². The molecule has 0 saturated heterocycles. The van der Waals surface area contributed by atoms with Gasteiger partial charge in [0.25, 0.3) is 0 Å². The summed E-state index contributed by atoms with van der Waals surface area (Å²) in [6.07, 6.45) is 0. The highest BCUT2D eigenvalue weighted by atomic mass is 32.1. The fourth-order valence-corrected chi connectivity index (χ4v) is 5.90. The number of rotatable bonds is 1. The molecule has 0 spiro atoms. The minimum Gasteiger partial charge on any atom is -0.135 e. The van der Waals surface area contributed by atoms with E-state index in [0.29, 0.717) is 0 Å². The summed E-state index contributed by atoms with van der Waals surface area (Å²) in [5, 5.41) is 8.07. The van der Waals surface area contributed by atoms with Crippen molar-refractivity contribution >= 4 is 53.1 Å². The number of benzene rings is 5. The Morgan fingerprint density at radius 2 is 1.17 bits per heavy atom. The van der Waals surface area contributed by atoms with Crippen LogP contribution in [0.3, 0.4) is 0 Å². The third kappa shape index (κ3) is 2.38. The highest BCUT2D eigenvalue weighted by molar-refractivity contribution is 7.26. The second-order valence-electron chi connectivity index (χ2n) is 7.86. The molecule has 1 aromatic heterocycles. The van der Waals surface area contributed by atoms with Crippen LogP contribution in [0.15, 0.2) is 84.9 Å². The second-order valence-corrected chi connectivity index (χ2v) is 8.91. The predicted octanol–water partition coefficient (Wildman–Crippen LogP) is 8.64. The van der Waals surface area contributed by atoms with E-state index in [9.17, 15) is 0 Å². The van der Waals surface area contributed by atoms with Crippen LogP contribution in [0, 0.1) is 13.8 Å². The van der Waals surface area contributed by atoms with Gasteiger partial charge in [0.15, 0.2) is 0 Å². The summed E-state index contributed by atoms with van der Waals surface area (Å²) in [5.41, 5.74) is 5.36. The van der Waals surface area contributed by atoms with Crippen molar-refractivity contribution in [1.29, 1.82) is 0 Å². The molecule has 0 aliphatic carbocycles. The SMILES string of the molecule is Cc1c2ccccc2c(-c2ccc3sc4c(C)cccc4c3c2)c2ccccc12. The molecule has 0 unspecified atom stereocenters. The summed E-state index contributed by atoms with van der Waals surface area (Å²) in [5.74, 6) is 0. The lowest BCUT2D eigenvalue weighted by Gasteiger charge is -2.15. The van der Waals surface area contributed by atoms with Crippen molar-refractivity contribution in [2.24, 2.45) is 0 Å². The van der Waals surface area contributed by atoms with Crippen molar-refractivity contribution in [3.63, 3.8) is 0 Å². The molecule has 0 radical (unpaired) electrons. The fraction of sp³-hybridized carbons (Fsp3) is 0.0714. The molecule has 0 atom stereocenters. The van der Waals surface area contributed by atoms with Gasteiger partial charge in [-0.15, -0.1) is 11.3 Å². The molecule has 1 heteroatoms. The quantitative estimate of drug-likeness (QED) is 0.247. The van der Waals surface area contributed by atoms with Gasteiger partial charge in [-0.25, -0.2) is 0 Å². The Labute approximate surface area is 174 Å². The van der Waals surface area contributed by atoms with Crippen molar-refractivity contribution in [3.8, 4) is 11.1 Å². The zero-order valence-corrected chi connectivity index (χ0v) is 17.3. The largest absolute Gasteiger partial charge is 0.135 e. The van der Waals surface area contributed by atoms with Gasteiger partial charge in [-0.05, 0) is 69.8 Å². The lowest BCUT2D eigenvalue weighted by Crippen LogP contribution is -1.89. The first kappa shape index (κ1) is 16.8. The second kappa shape index (κ2) is 6.17. The van der Waals surface area contributed by atoms with E-state index in [2.05, 4.69) is 98.8 Å². The Kier molecular flexibility index (Phi) is 3.57. The van der Waals surface area contributed by atoms with Gasteiger partial charge in [0.1, 0.15) is 0 Å². The van der Waals surface area contributed by atoms with Crippen molar-refractivity contribution in [3.05, 3.63) is 96.1 Å². The Morgan fingerprint density at radius 3 is 1.86 bits per heavy atom. The monoisotopic (exact) mass is 388 g/mol. The van der Waals surface area contributed by atoms with E-state index in [1.165, 1.54) is 64.0 Å². The average molecular weight is 389 g/mol. The molecule has 6 rings (SSSR count). The van der Waals surface area contributed by atoms with Gasteiger partial charge in [-0.1, -0.05) is 72.8 Å². The molecule has 0 fully saturated rings. The van der Waals surface area contributed by atoms with E-state index in [0.717, 1.165) is 0 Å². The molecule has 0 N–H and O–H groups in total. The Morgan fingerprint density at radius 1 is 0.552 bits per heavy atom. The molecule has 0 amide bonds.